The number of amides is 1. The van der Waals surface area contributed by atoms with E-state index in [-0.39, 0.29) is 48.1 Å². The van der Waals surface area contributed by atoms with Crippen molar-refractivity contribution in [2.24, 2.45) is 51.2 Å². The summed E-state index contributed by atoms with van der Waals surface area (Å²) in [5.41, 5.74) is 0.440. The third-order valence-corrected chi connectivity index (χ3v) is 16.0. The average molecular weight is 673 g/mol. The molecule has 2 saturated heterocycles. The molecule has 0 radical (unpaired) electrons. The smallest absolute Gasteiger partial charge is 0.239 e. The van der Waals surface area contributed by atoms with Crippen molar-refractivity contribution in [3.8, 4) is 0 Å². The van der Waals surface area contributed by atoms with Crippen molar-refractivity contribution in [3.63, 3.8) is 0 Å². The Morgan fingerprint density at radius 2 is 1.81 bits per heavy atom. The number of rotatable bonds is 8. The lowest BCUT2D eigenvalue weighted by Crippen LogP contribution is -2.57. The summed E-state index contributed by atoms with van der Waals surface area (Å²) in [5.74, 6) is 3.51. The van der Waals surface area contributed by atoms with E-state index in [1.54, 1.807) is 4.90 Å². The fourth-order valence-electron chi connectivity index (χ4n) is 14.0. The van der Waals surface area contributed by atoms with Crippen molar-refractivity contribution in [3.05, 3.63) is 0 Å². The lowest BCUT2D eigenvalue weighted by Gasteiger charge is -2.60. The summed E-state index contributed by atoms with van der Waals surface area (Å²) in [7, 11) is 3.67. The number of morpholine rings is 1. The molecule has 0 aromatic carbocycles. The second kappa shape index (κ2) is 12.1. The molecule has 2 heterocycles. The lowest BCUT2D eigenvalue weighted by atomic mass is 9.46. The molecule has 274 valence electrons. The molecule has 6 unspecified atom stereocenters. The highest BCUT2D eigenvalue weighted by molar-refractivity contribution is 5.80. The van der Waals surface area contributed by atoms with Crippen LogP contribution in [0.25, 0.3) is 0 Å². The summed E-state index contributed by atoms with van der Waals surface area (Å²) in [5, 5.41) is 11.0. The van der Waals surface area contributed by atoms with Gasteiger partial charge in [-0.1, -0.05) is 27.7 Å². The molecule has 14 atom stereocenters. The fraction of sp³-hybridized carbons (Fsp3) is 0.975. The average Bonchev–Trinajstić information content (AvgIpc) is 3.59. The van der Waals surface area contributed by atoms with Gasteiger partial charge < -0.3 is 29.0 Å². The first-order valence-electron chi connectivity index (χ1n) is 19.7. The number of nitrogens with zero attached hydrogens (tertiary/aromatic N) is 2. The molecular formula is C40H68N2O6. The first-order valence-corrected chi connectivity index (χ1v) is 19.7. The van der Waals surface area contributed by atoms with Crippen LogP contribution in [0.5, 0.6) is 0 Å². The quantitative estimate of drug-likeness (QED) is 0.332. The van der Waals surface area contributed by atoms with Crippen LogP contribution in [0, 0.1) is 51.2 Å². The summed E-state index contributed by atoms with van der Waals surface area (Å²) < 4.78 is 26.3. The van der Waals surface area contributed by atoms with Crippen LogP contribution in [-0.2, 0) is 23.7 Å². The van der Waals surface area contributed by atoms with E-state index in [1.807, 2.05) is 41.8 Å². The molecule has 0 bridgehead atoms. The van der Waals surface area contributed by atoms with Gasteiger partial charge in [-0.2, -0.15) is 0 Å². The molecule has 7 aliphatic rings. The van der Waals surface area contributed by atoms with Gasteiger partial charge in [-0.15, -0.1) is 0 Å². The van der Waals surface area contributed by atoms with E-state index in [0.717, 1.165) is 31.2 Å². The predicted octanol–water partition coefficient (Wildman–Crippen LogP) is 6.14. The third kappa shape index (κ3) is 5.30. The van der Waals surface area contributed by atoms with Gasteiger partial charge in [0.1, 0.15) is 6.10 Å². The molecule has 2 aliphatic heterocycles. The van der Waals surface area contributed by atoms with Gasteiger partial charge in [0, 0.05) is 27.2 Å². The minimum absolute atomic E-state index is 0.0464. The molecule has 1 amide bonds. The Morgan fingerprint density at radius 1 is 1.06 bits per heavy atom. The maximum absolute atomic E-state index is 12.7. The second-order valence-corrected chi connectivity index (χ2v) is 19.2. The number of fused-ring (bicyclic) bond motifs is 4. The molecule has 0 aromatic heterocycles. The van der Waals surface area contributed by atoms with Gasteiger partial charge in [-0.05, 0) is 137 Å². The van der Waals surface area contributed by atoms with Crippen LogP contribution < -0.4 is 0 Å². The monoisotopic (exact) mass is 673 g/mol. The van der Waals surface area contributed by atoms with Crippen molar-refractivity contribution < 1.29 is 28.8 Å². The maximum Gasteiger partial charge on any atom is 0.239 e. The van der Waals surface area contributed by atoms with Crippen molar-refractivity contribution in [1.82, 2.24) is 9.80 Å². The molecule has 0 aromatic rings. The Labute approximate surface area is 291 Å². The van der Waals surface area contributed by atoms with Crippen molar-refractivity contribution >= 4 is 5.91 Å². The highest BCUT2D eigenvalue weighted by Gasteiger charge is 2.81. The Bertz CT molecular complexity index is 1220. The number of hydrogen-bond donors (Lipinski definition) is 1. The van der Waals surface area contributed by atoms with Crippen LogP contribution in [-0.4, -0.2) is 104 Å². The Balaban J connectivity index is 1.05. The molecular weight excluding hydrogens is 604 g/mol. The predicted molar refractivity (Wildman–Crippen MR) is 186 cm³/mol. The van der Waals surface area contributed by atoms with E-state index in [1.165, 1.54) is 44.9 Å². The summed E-state index contributed by atoms with van der Waals surface area (Å²) in [6, 6.07) is -0.164. The largest absolute Gasteiger partial charge is 0.388 e. The third-order valence-electron chi connectivity index (χ3n) is 16.0. The highest BCUT2D eigenvalue weighted by atomic mass is 16.7. The molecule has 8 heteroatoms. The number of carbonyl (C=O) groups excluding carboxylic acids is 1. The van der Waals surface area contributed by atoms with Crippen LogP contribution >= 0.6 is 0 Å². The van der Waals surface area contributed by atoms with E-state index in [9.17, 15) is 9.90 Å². The zero-order chi connectivity index (χ0) is 34.6. The molecule has 8 nitrogen and oxygen atoms in total. The molecule has 7 rings (SSSR count). The topological polar surface area (TPSA) is 80.7 Å². The van der Waals surface area contributed by atoms with Crippen LogP contribution in [0.2, 0.25) is 0 Å². The van der Waals surface area contributed by atoms with E-state index < -0.39 is 5.60 Å². The van der Waals surface area contributed by atoms with Gasteiger partial charge in [-0.25, -0.2) is 0 Å². The van der Waals surface area contributed by atoms with E-state index in [2.05, 4.69) is 32.6 Å². The van der Waals surface area contributed by atoms with Gasteiger partial charge in [0.05, 0.1) is 43.1 Å². The van der Waals surface area contributed by atoms with Crippen molar-refractivity contribution in [2.45, 2.75) is 156 Å². The maximum atomic E-state index is 12.7. The van der Waals surface area contributed by atoms with E-state index in [4.69, 9.17) is 18.9 Å². The van der Waals surface area contributed by atoms with Gasteiger partial charge in [0.25, 0.3) is 0 Å². The summed E-state index contributed by atoms with van der Waals surface area (Å²) in [4.78, 5) is 16.6. The molecule has 48 heavy (non-hydrogen) atoms. The zero-order valence-corrected chi connectivity index (χ0v) is 31.9. The SMILES string of the molecule is CCO[C@@H](C1C[C@@H](C)[C@H]2C(CC3C4CC[C@H]5C(C)(C)[C@@H](OC6CN([C@@H](C)C(=O)N(C)C)CCO6)CC[C@@]56CC46CC[C@@]32C)O1)C(C)(C)O. The summed E-state index contributed by atoms with van der Waals surface area (Å²) >= 11 is 0. The highest BCUT2D eigenvalue weighted by Crippen LogP contribution is 2.87. The first kappa shape index (κ1) is 35.6. The first-order chi connectivity index (χ1) is 22.5. The molecule has 7 fully saturated rings. The lowest BCUT2D eigenvalue weighted by molar-refractivity contribution is -0.247. The van der Waals surface area contributed by atoms with Crippen LogP contribution in [0.1, 0.15) is 113 Å². The number of hydrogen-bond acceptors (Lipinski definition) is 7. The van der Waals surface area contributed by atoms with Crippen molar-refractivity contribution in [2.75, 3.05) is 40.4 Å². The standard InChI is InChI=1S/C40H68N2O6/c1-11-45-34(37(6,7)44)29-20-24(2)33-28(47-29)21-27-26-12-13-30-36(4,5)31(14-15-40(30)23-39(26,40)17-16-38(27,33)8)48-32-22-42(18-19-46-32)25(3)35(43)41(9)10/h24-34,44H,11-23H2,1-10H3/t24-,25+,26?,27?,28?,29?,30+,31+,32?,33+,34+,38+,39?,40-/m1/s1. The normalized spacial score (nSPS) is 47.9. The van der Waals surface area contributed by atoms with Crippen LogP contribution in [0.15, 0.2) is 0 Å². The molecule has 1 N–H and O–H groups in total. The summed E-state index contributed by atoms with van der Waals surface area (Å²) in [6.45, 7) is 20.5. The second-order valence-electron chi connectivity index (χ2n) is 19.2. The summed E-state index contributed by atoms with van der Waals surface area (Å²) in [6.07, 6.45) is 11.1. The van der Waals surface area contributed by atoms with Crippen molar-refractivity contribution in [1.29, 1.82) is 0 Å². The van der Waals surface area contributed by atoms with Gasteiger partial charge in [0.15, 0.2) is 6.29 Å². The van der Waals surface area contributed by atoms with Gasteiger partial charge in [-0.3, -0.25) is 9.69 Å². The van der Waals surface area contributed by atoms with Crippen LogP contribution in [0.4, 0.5) is 0 Å². The van der Waals surface area contributed by atoms with E-state index in [0.29, 0.717) is 53.8 Å². The molecule has 5 saturated carbocycles. The van der Waals surface area contributed by atoms with Gasteiger partial charge in [0.2, 0.25) is 5.91 Å². The number of aliphatic hydroxyl groups is 1. The Kier molecular flexibility index (Phi) is 9.02. The Hall–Kier alpha value is -0.770. The molecule has 2 spiro atoms. The number of carbonyl (C=O) groups is 1. The Morgan fingerprint density at radius 3 is 2.50 bits per heavy atom. The minimum Gasteiger partial charge on any atom is -0.388 e. The number of likely N-dealkylation sites (N-methyl/N-ethyl adjacent to an activating group) is 1. The van der Waals surface area contributed by atoms with Gasteiger partial charge >= 0.3 is 0 Å². The zero-order valence-electron chi connectivity index (χ0n) is 31.9. The number of ether oxygens (including phenoxy) is 4. The minimum atomic E-state index is -0.924. The fourth-order valence-corrected chi connectivity index (χ4v) is 14.0. The van der Waals surface area contributed by atoms with Crippen LogP contribution in [0.3, 0.4) is 0 Å². The van der Waals surface area contributed by atoms with E-state index >= 15 is 0 Å². The molecule has 5 aliphatic carbocycles.